The summed E-state index contributed by atoms with van der Waals surface area (Å²) in [5.74, 6) is 0.0137. The Morgan fingerprint density at radius 2 is 2.12 bits per heavy atom. The van der Waals surface area contributed by atoms with Crippen LogP contribution in [0.1, 0.15) is 37.0 Å². The van der Waals surface area contributed by atoms with Gasteiger partial charge in [-0.1, -0.05) is 29.3 Å². The van der Waals surface area contributed by atoms with Crippen molar-refractivity contribution in [2.75, 3.05) is 18.8 Å². The molecule has 0 spiro atoms. The van der Waals surface area contributed by atoms with E-state index < -0.39 is 0 Å². The Bertz CT molecular complexity index is 393. The lowest BCUT2D eigenvalue weighted by Crippen LogP contribution is -2.32. The van der Waals surface area contributed by atoms with Crippen LogP contribution in [-0.2, 0) is 0 Å². The van der Waals surface area contributed by atoms with E-state index in [0.29, 0.717) is 17.8 Å². The highest BCUT2D eigenvalue weighted by Gasteiger charge is 2.16. The van der Waals surface area contributed by atoms with Crippen LogP contribution in [0.5, 0.6) is 0 Å². The Kier molecular flexibility index (Phi) is 5.48. The molecule has 0 fully saturated rings. The van der Waals surface area contributed by atoms with E-state index in [2.05, 4.69) is 22.9 Å². The first-order chi connectivity index (χ1) is 8.10. The molecule has 0 atom stereocenters. The van der Waals surface area contributed by atoms with E-state index in [1.54, 1.807) is 12.1 Å². The number of carbonyl (C=O) groups excluding carboxylic acids is 1. The number of nitrogen functional groups attached to an aromatic ring is 1. The van der Waals surface area contributed by atoms with Gasteiger partial charge in [0.1, 0.15) is 0 Å². The zero-order chi connectivity index (χ0) is 12.8. The first-order valence-corrected chi connectivity index (χ1v) is 6.73. The van der Waals surface area contributed by atoms with Gasteiger partial charge in [-0.05, 0) is 31.5 Å². The second-order valence-corrected chi connectivity index (χ2v) is 4.89. The van der Waals surface area contributed by atoms with Crippen molar-refractivity contribution in [2.24, 2.45) is 0 Å². The van der Waals surface area contributed by atoms with Crippen LogP contribution in [0.4, 0.5) is 5.69 Å². The standard InChI is InChI=1S/C13H19BrN2O/c1-3-5-8-16(4-2)13(17)11-9-10(14)6-7-12(11)15/h6-7,9H,3-5,8,15H2,1-2H3. The normalized spacial score (nSPS) is 10.3. The van der Waals surface area contributed by atoms with Crippen molar-refractivity contribution in [1.82, 2.24) is 4.90 Å². The molecule has 94 valence electrons. The molecule has 0 aliphatic carbocycles. The molecular weight excluding hydrogens is 280 g/mol. The van der Waals surface area contributed by atoms with Crippen molar-refractivity contribution >= 4 is 27.5 Å². The fraction of sp³-hybridized carbons (Fsp3) is 0.462. The fourth-order valence-electron chi connectivity index (χ4n) is 1.64. The monoisotopic (exact) mass is 298 g/mol. The number of anilines is 1. The molecule has 1 aromatic carbocycles. The lowest BCUT2D eigenvalue weighted by atomic mass is 10.1. The van der Waals surface area contributed by atoms with Gasteiger partial charge >= 0.3 is 0 Å². The molecule has 0 bridgehead atoms. The SMILES string of the molecule is CCCCN(CC)C(=O)c1cc(Br)ccc1N. The van der Waals surface area contributed by atoms with Gasteiger partial charge in [-0.15, -0.1) is 0 Å². The molecule has 0 saturated heterocycles. The second kappa shape index (κ2) is 6.64. The molecule has 1 rings (SSSR count). The quantitative estimate of drug-likeness (QED) is 0.848. The van der Waals surface area contributed by atoms with Gasteiger partial charge in [-0.3, -0.25) is 4.79 Å². The number of unbranched alkanes of at least 4 members (excludes halogenated alkanes) is 1. The summed E-state index contributed by atoms with van der Waals surface area (Å²) >= 11 is 3.36. The highest BCUT2D eigenvalue weighted by atomic mass is 79.9. The number of rotatable bonds is 5. The predicted molar refractivity (Wildman–Crippen MR) is 75.0 cm³/mol. The molecule has 0 saturated carbocycles. The smallest absolute Gasteiger partial charge is 0.255 e. The summed E-state index contributed by atoms with van der Waals surface area (Å²) in [6, 6.07) is 5.38. The van der Waals surface area contributed by atoms with Crippen molar-refractivity contribution < 1.29 is 4.79 Å². The molecule has 1 amide bonds. The second-order valence-electron chi connectivity index (χ2n) is 3.97. The Hall–Kier alpha value is -1.03. The maximum Gasteiger partial charge on any atom is 0.255 e. The maximum absolute atomic E-state index is 12.3. The van der Waals surface area contributed by atoms with Crippen LogP contribution >= 0.6 is 15.9 Å². The third-order valence-electron chi connectivity index (χ3n) is 2.70. The highest BCUT2D eigenvalue weighted by molar-refractivity contribution is 9.10. The average molecular weight is 299 g/mol. The Morgan fingerprint density at radius 1 is 1.41 bits per heavy atom. The van der Waals surface area contributed by atoms with Crippen LogP contribution in [0.15, 0.2) is 22.7 Å². The van der Waals surface area contributed by atoms with E-state index in [1.165, 1.54) is 0 Å². The van der Waals surface area contributed by atoms with Gasteiger partial charge in [0.05, 0.1) is 5.56 Å². The molecule has 2 N–H and O–H groups in total. The van der Waals surface area contributed by atoms with E-state index in [-0.39, 0.29) is 5.91 Å². The molecule has 17 heavy (non-hydrogen) atoms. The summed E-state index contributed by atoms with van der Waals surface area (Å²) < 4.78 is 0.876. The minimum Gasteiger partial charge on any atom is -0.398 e. The summed E-state index contributed by atoms with van der Waals surface area (Å²) in [5.41, 5.74) is 6.96. The predicted octanol–water partition coefficient (Wildman–Crippen LogP) is 3.29. The number of benzene rings is 1. The van der Waals surface area contributed by atoms with Gasteiger partial charge < -0.3 is 10.6 Å². The van der Waals surface area contributed by atoms with Gasteiger partial charge in [0.2, 0.25) is 0 Å². The number of hydrogen-bond donors (Lipinski definition) is 1. The van der Waals surface area contributed by atoms with Crippen LogP contribution < -0.4 is 5.73 Å². The van der Waals surface area contributed by atoms with Crippen LogP contribution in [0, 0.1) is 0 Å². The van der Waals surface area contributed by atoms with E-state index in [1.807, 2.05) is 17.9 Å². The van der Waals surface area contributed by atoms with Crippen LogP contribution in [-0.4, -0.2) is 23.9 Å². The summed E-state index contributed by atoms with van der Waals surface area (Å²) in [6.07, 6.45) is 2.10. The number of nitrogens with zero attached hydrogens (tertiary/aromatic N) is 1. The fourth-order valence-corrected chi connectivity index (χ4v) is 2.00. The molecule has 0 unspecified atom stereocenters. The molecule has 0 aromatic heterocycles. The Balaban J connectivity index is 2.89. The highest BCUT2D eigenvalue weighted by Crippen LogP contribution is 2.20. The van der Waals surface area contributed by atoms with Gasteiger partial charge in [0, 0.05) is 23.2 Å². The van der Waals surface area contributed by atoms with Crippen molar-refractivity contribution in [3.63, 3.8) is 0 Å². The summed E-state index contributed by atoms with van der Waals surface area (Å²) in [4.78, 5) is 14.1. The number of hydrogen-bond acceptors (Lipinski definition) is 2. The minimum atomic E-state index is 0.0137. The van der Waals surface area contributed by atoms with Gasteiger partial charge in [0.15, 0.2) is 0 Å². The topological polar surface area (TPSA) is 46.3 Å². The largest absolute Gasteiger partial charge is 0.398 e. The first-order valence-electron chi connectivity index (χ1n) is 5.94. The van der Waals surface area contributed by atoms with Crippen molar-refractivity contribution in [3.05, 3.63) is 28.2 Å². The third-order valence-corrected chi connectivity index (χ3v) is 3.19. The molecule has 0 aliphatic heterocycles. The third kappa shape index (κ3) is 3.73. The lowest BCUT2D eigenvalue weighted by molar-refractivity contribution is 0.0763. The Morgan fingerprint density at radius 3 is 2.71 bits per heavy atom. The number of nitrogens with two attached hydrogens (primary N) is 1. The van der Waals surface area contributed by atoms with E-state index in [9.17, 15) is 4.79 Å². The molecule has 0 aliphatic rings. The zero-order valence-electron chi connectivity index (χ0n) is 10.4. The van der Waals surface area contributed by atoms with E-state index >= 15 is 0 Å². The molecule has 4 heteroatoms. The number of amides is 1. The average Bonchev–Trinajstić information content (AvgIpc) is 2.33. The summed E-state index contributed by atoms with van der Waals surface area (Å²) in [7, 11) is 0. The van der Waals surface area contributed by atoms with Crippen LogP contribution in [0.2, 0.25) is 0 Å². The van der Waals surface area contributed by atoms with E-state index in [0.717, 1.165) is 23.9 Å². The lowest BCUT2D eigenvalue weighted by Gasteiger charge is -2.21. The molecule has 0 radical (unpaired) electrons. The van der Waals surface area contributed by atoms with Gasteiger partial charge in [0.25, 0.3) is 5.91 Å². The van der Waals surface area contributed by atoms with Crippen LogP contribution in [0.25, 0.3) is 0 Å². The van der Waals surface area contributed by atoms with Gasteiger partial charge in [-0.25, -0.2) is 0 Å². The van der Waals surface area contributed by atoms with E-state index in [4.69, 9.17) is 5.73 Å². The molecule has 0 heterocycles. The van der Waals surface area contributed by atoms with Crippen LogP contribution in [0.3, 0.4) is 0 Å². The molecule has 1 aromatic rings. The summed E-state index contributed by atoms with van der Waals surface area (Å²) in [6.45, 7) is 5.61. The number of carbonyl (C=O) groups is 1. The minimum absolute atomic E-state index is 0.0137. The van der Waals surface area contributed by atoms with Gasteiger partial charge in [-0.2, -0.15) is 0 Å². The van der Waals surface area contributed by atoms with Crippen molar-refractivity contribution in [1.29, 1.82) is 0 Å². The maximum atomic E-state index is 12.3. The molecule has 3 nitrogen and oxygen atoms in total. The zero-order valence-corrected chi connectivity index (χ0v) is 12.0. The van der Waals surface area contributed by atoms with Crippen molar-refractivity contribution in [2.45, 2.75) is 26.7 Å². The van der Waals surface area contributed by atoms with Crippen molar-refractivity contribution in [3.8, 4) is 0 Å². The summed E-state index contributed by atoms with van der Waals surface area (Å²) in [5, 5.41) is 0. The first kappa shape index (κ1) is 14.0. The Labute approximate surface area is 111 Å². The molecular formula is C13H19BrN2O. The number of halogens is 1.